The average molecular weight is 312 g/mol. The monoisotopic (exact) mass is 312 g/mol. The van der Waals surface area contributed by atoms with Crippen molar-refractivity contribution in [2.24, 2.45) is 0 Å². The summed E-state index contributed by atoms with van der Waals surface area (Å²) >= 11 is 0. The van der Waals surface area contributed by atoms with E-state index in [4.69, 9.17) is 4.74 Å². The molecule has 2 bridgehead atoms. The van der Waals surface area contributed by atoms with Crippen LogP contribution in [0.25, 0.3) is 0 Å². The van der Waals surface area contributed by atoms with Gasteiger partial charge in [0.1, 0.15) is 6.71 Å². The molecule has 0 spiro atoms. The predicted octanol–water partition coefficient (Wildman–Crippen LogP) is 6.37. The fraction of sp³-hybridized carbons (Fsp3) is 0.714. The summed E-state index contributed by atoms with van der Waals surface area (Å²) in [5, 5.41) is 0. The van der Waals surface area contributed by atoms with E-state index in [-0.39, 0.29) is 0 Å². The molecule has 0 aliphatic carbocycles. The number of hydrogen-bond donors (Lipinski definition) is 0. The molecular weight excluding hydrogens is 279 g/mol. The Morgan fingerprint density at radius 2 is 1.48 bits per heavy atom. The molecule has 0 N–H and O–H groups in total. The van der Waals surface area contributed by atoms with Gasteiger partial charge in [-0.05, 0) is 12.0 Å². The molecule has 0 atom stereocenters. The first-order valence-corrected chi connectivity index (χ1v) is 10.0. The standard InChI is InChI=1S/C21H33BO/c1(2-7-17-23-18-19-10-4-3-5-11-19)6-16-22-20-12-8-13-21(22)15-9-14-20/h3-5,10-11,20-21H,1-2,6-9,12-18H2. The minimum atomic E-state index is 0.770. The van der Waals surface area contributed by atoms with Gasteiger partial charge in [0.25, 0.3) is 0 Å². The van der Waals surface area contributed by atoms with E-state index >= 15 is 0 Å². The fourth-order valence-corrected chi connectivity index (χ4v) is 4.99. The van der Waals surface area contributed by atoms with E-state index in [0.29, 0.717) is 0 Å². The summed E-state index contributed by atoms with van der Waals surface area (Å²) < 4.78 is 5.78. The number of hydrogen-bond acceptors (Lipinski definition) is 1. The Bertz CT molecular complexity index is 411. The lowest BCUT2D eigenvalue weighted by Crippen LogP contribution is -2.34. The van der Waals surface area contributed by atoms with Crippen molar-refractivity contribution < 1.29 is 4.74 Å². The smallest absolute Gasteiger partial charge is 0.146 e. The summed E-state index contributed by atoms with van der Waals surface area (Å²) in [6, 6.07) is 10.5. The minimum Gasteiger partial charge on any atom is -0.377 e. The third-order valence-electron chi connectivity index (χ3n) is 6.20. The van der Waals surface area contributed by atoms with Crippen LogP contribution >= 0.6 is 0 Å². The van der Waals surface area contributed by atoms with E-state index in [1.54, 1.807) is 0 Å². The van der Waals surface area contributed by atoms with E-state index in [0.717, 1.165) is 31.6 Å². The van der Waals surface area contributed by atoms with E-state index < -0.39 is 0 Å². The van der Waals surface area contributed by atoms with Crippen molar-refractivity contribution in [1.29, 1.82) is 0 Å². The number of ether oxygens (including phenoxy) is 1. The molecule has 23 heavy (non-hydrogen) atoms. The molecule has 126 valence electrons. The second kappa shape index (κ2) is 9.52. The summed E-state index contributed by atoms with van der Waals surface area (Å²) in [7, 11) is 0. The Balaban J connectivity index is 1.21. The van der Waals surface area contributed by atoms with Crippen LogP contribution in [-0.4, -0.2) is 13.3 Å². The van der Waals surface area contributed by atoms with Crippen molar-refractivity contribution in [2.45, 2.75) is 88.8 Å². The Labute approximate surface area is 143 Å². The summed E-state index contributed by atoms with van der Waals surface area (Å²) in [5.41, 5.74) is 1.29. The summed E-state index contributed by atoms with van der Waals surface area (Å²) in [6.45, 7) is 2.78. The van der Waals surface area contributed by atoms with Crippen molar-refractivity contribution in [1.82, 2.24) is 0 Å². The van der Waals surface area contributed by atoms with Crippen molar-refractivity contribution in [3.8, 4) is 0 Å². The van der Waals surface area contributed by atoms with Gasteiger partial charge < -0.3 is 4.74 Å². The first kappa shape index (κ1) is 17.1. The molecule has 1 nitrogen and oxygen atoms in total. The molecule has 2 saturated heterocycles. The van der Waals surface area contributed by atoms with E-state index in [2.05, 4.69) is 30.3 Å². The van der Waals surface area contributed by atoms with E-state index in [1.807, 2.05) is 0 Å². The third kappa shape index (κ3) is 5.38. The fourth-order valence-electron chi connectivity index (χ4n) is 4.99. The van der Waals surface area contributed by atoms with Crippen LogP contribution in [0, 0.1) is 0 Å². The van der Waals surface area contributed by atoms with Crippen LogP contribution in [0.15, 0.2) is 30.3 Å². The maximum atomic E-state index is 5.78. The van der Waals surface area contributed by atoms with Crippen LogP contribution in [0.2, 0.25) is 18.0 Å². The Morgan fingerprint density at radius 3 is 2.17 bits per heavy atom. The van der Waals surface area contributed by atoms with E-state index in [1.165, 1.54) is 76.1 Å². The van der Waals surface area contributed by atoms with Crippen LogP contribution in [0.3, 0.4) is 0 Å². The van der Waals surface area contributed by atoms with Gasteiger partial charge in [0, 0.05) is 6.61 Å². The zero-order valence-corrected chi connectivity index (χ0v) is 14.7. The van der Waals surface area contributed by atoms with Gasteiger partial charge in [-0.25, -0.2) is 0 Å². The number of rotatable bonds is 9. The van der Waals surface area contributed by atoms with Crippen LogP contribution in [0.4, 0.5) is 0 Å². The Morgan fingerprint density at radius 1 is 0.826 bits per heavy atom. The molecule has 2 aliphatic rings. The molecule has 0 amide bonds. The zero-order valence-electron chi connectivity index (χ0n) is 14.7. The molecule has 2 heteroatoms. The molecule has 0 radical (unpaired) electrons. The Hall–Kier alpha value is -0.755. The van der Waals surface area contributed by atoms with Gasteiger partial charge in [-0.3, -0.25) is 0 Å². The first-order chi connectivity index (χ1) is 11.4. The van der Waals surface area contributed by atoms with Crippen LogP contribution in [0.5, 0.6) is 0 Å². The van der Waals surface area contributed by atoms with Crippen molar-refractivity contribution in [2.75, 3.05) is 6.61 Å². The molecule has 1 aromatic rings. The first-order valence-electron chi connectivity index (χ1n) is 10.0. The molecular formula is C21H33BO. The zero-order chi connectivity index (χ0) is 15.7. The summed E-state index contributed by atoms with van der Waals surface area (Å²) in [6.07, 6.45) is 16.1. The topological polar surface area (TPSA) is 9.23 Å². The largest absolute Gasteiger partial charge is 0.377 e. The second-order valence-electron chi connectivity index (χ2n) is 7.79. The molecule has 2 fully saturated rings. The summed E-state index contributed by atoms with van der Waals surface area (Å²) in [5.74, 6) is 2.19. The number of fused-ring (bicyclic) bond motifs is 2. The average Bonchev–Trinajstić information content (AvgIpc) is 2.58. The second-order valence-corrected chi connectivity index (χ2v) is 7.79. The maximum absolute atomic E-state index is 5.78. The SMILES string of the molecule is c1ccc(COCCCCCCB2C3CCCC2CCC3)cc1. The van der Waals surface area contributed by atoms with Crippen molar-refractivity contribution >= 4 is 6.71 Å². The Kier molecular flexibility index (Phi) is 7.07. The van der Waals surface area contributed by atoms with Gasteiger partial charge in [0.15, 0.2) is 0 Å². The number of benzene rings is 1. The van der Waals surface area contributed by atoms with Gasteiger partial charge in [-0.1, -0.05) is 106 Å². The molecule has 0 saturated carbocycles. The highest BCUT2D eigenvalue weighted by Crippen LogP contribution is 2.48. The van der Waals surface area contributed by atoms with Crippen LogP contribution in [0.1, 0.15) is 69.8 Å². The molecule has 0 aromatic heterocycles. The predicted molar refractivity (Wildman–Crippen MR) is 100 cm³/mol. The van der Waals surface area contributed by atoms with Gasteiger partial charge in [-0.2, -0.15) is 0 Å². The van der Waals surface area contributed by atoms with Gasteiger partial charge in [-0.15, -0.1) is 0 Å². The lowest BCUT2D eigenvalue weighted by atomic mass is 9.26. The minimum absolute atomic E-state index is 0.770. The van der Waals surface area contributed by atoms with Gasteiger partial charge in [0.2, 0.25) is 0 Å². The summed E-state index contributed by atoms with van der Waals surface area (Å²) in [4.78, 5) is 0. The lowest BCUT2D eigenvalue weighted by Gasteiger charge is -2.40. The van der Waals surface area contributed by atoms with Crippen molar-refractivity contribution in [3.63, 3.8) is 0 Å². The third-order valence-corrected chi connectivity index (χ3v) is 6.20. The van der Waals surface area contributed by atoms with Crippen LogP contribution < -0.4 is 0 Å². The maximum Gasteiger partial charge on any atom is 0.146 e. The molecule has 0 unspecified atom stereocenters. The highest BCUT2D eigenvalue weighted by atomic mass is 16.5. The highest BCUT2D eigenvalue weighted by Gasteiger charge is 2.37. The molecule has 1 aromatic carbocycles. The lowest BCUT2D eigenvalue weighted by molar-refractivity contribution is 0.117. The molecule has 3 rings (SSSR count). The normalized spacial score (nSPS) is 23.9. The van der Waals surface area contributed by atoms with Gasteiger partial charge >= 0.3 is 0 Å². The van der Waals surface area contributed by atoms with Crippen molar-refractivity contribution in [3.05, 3.63) is 35.9 Å². The van der Waals surface area contributed by atoms with Crippen LogP contribution in [-0.2, 0) is 11.3 Å². The van der Waals surface area contributed by atoms with E-state index in [9.17, 15) is 0 Å². The molecule has 2 aliphatic heterocycles. The highest BCUT2D eigenvalue weighted by molar-refractivity contribution is 6.62. The molecule has 2 heterocycles. The van der Waals surface area contributed by atoms with Gasteiger partial charge in [0.05, 0.1) is 6.61 Å². The quantitative estimate of drug-likeness (QED) is 0.380. The number of unbranched alkanes of at least 4 members (excludes halogenated alkanes) is 3.